The van der Waals surface area contributed by atoms with Gasteiger partial charge in [0.2, 0.25) is 0 Å². The maximum atomic E-state index is 10.8. The van der Waals surface area contributed by atoms with Crippen LogP contribution in [0.3, 0.4) is 0 Å². The molecule has 2 unspecified atom stereocenters. The van der Waals surface area contributed by atoms with Gasteiger partial charge < -0.3 is 9.84 Å². The van der Waals surface area contributed by atoms with Gasteiger partial charge >= 0.3 is 5.97 Å². The Kier molecular flexibility index (Phi) is 6.11. The molecule has 0 saturated heterocycles. The highest BCUT2D eigenvalue weighted by Crippen LogP contribution is 2.09. The van der Waals surface area contributed by atoms with Crippen molar-refractivity contribution < 1.29 is 14.6 Å². The van der Waals surface area contributed by atoms with E-state index in [1.165, 1.54) is 6.92 Å². The topological polar surface area (TPSA) is 46.5 Å². The van der Waals surface area contributed by atoms with E-state index in [1.807, 2.05) is 6.92 Å². The molecule has 0 spiro atoms. The van der Waals surface area contributed by atoms with Gasteiger partial charge in [-0.3, -0.25) is 0 Å². The maximum absolute atomic E-state index is 10.8. The summed E-state index contributed by atoms with van der Waals surface area (Å²) in [6.45, 7) is 3.38. The molecule has 1 N–H and O–H groups in total. The van der Waals surface area contributed by atoms with Gasteiger partial charge in [0.1, 0.15) is 6.10 Å². The Labute approximate surface area is 77.7 Å². The lowest BCUT2D eigenvalue weighted by atomic mass is 10.3. The molecule has 72 valence electrons. The van der Waals surface area contributed by atoms with Crippen molar-refractivity contribution in [2.45, 2.75) is 44.8 Å². The molecule has 0 aromatic heterocycles. The second kappa shape index (κ2) is 6.26. The molecule has 0 aliphatic carbocycles. The van der Waals surface area contributed by atoms with E-state index in [2.05, 4.69) is 0 Å². The minimum absolute atomic E-state index is 0.605. The highest BCUT2D eigenvalue weighted by atomic mass is 35.5. The van der Waals surface area contributed by atoms with E-state index < -0.39 is 17.6 Å². The molecule has 0 aliphatic heterocycles. The molecular weight excluding hydrogens is 180 g/mol. The SMILES string of the molecule is CCCCC(Cl)OC(=O)C(C)O. The fourth-order valence-electron chi connectivity index (χ4n) is 0.648. The first-order chi connectivity index (χ1) is 5.57. The van der Waals surface area contributed by atoms with Crippen LogP contribution in [0.15, 0.2) is 0 Å². The van der Waals surface area contributed by atoms with Gasteiger partial charge in [0.05, 0.1) is 0 Å². The van der Waals surface area contributed by atoms with Crippen molar-refractivity contribution in [2.75, 3.05) is 0 Å². The van der Waals surface area contributed by atoms with Crippen molar-refractivity contribution in [1.82, 2.24) is 0 Å². The van der Waals surface area contributed by atoms with E-state index in [0.717, 1.165) is 12.8 Å². The van der Waals surface area contributed by atoms with Gasteiger partial charge in [-0.05, 0) is 19.8 Å². The Morgan fingerprint density at radius 2 is 2.25 bits per heavy atom. The van der Waals surface area contributed by atoms with E-state index in [1.54, 1.807) is 0 Å². The monoisotopic (exact) mass is 194 g/mol. The molecule has 12 heavy (non-hydrogen) atoms. The quantitative estimate of drug-likeness (QED) is 0.535. The van der Waals surface area contributed by atoms with Crippen LogP contribution in [0.1, 0.15) is 33.1 Å². The van der Waals surface area contributed by atoms with Crippen LogP contribution < -0.4 is 0 Å². The number of alkyl halides is 1. The molecule has 0 heterocycles. The fraction of sp³-hybridized carbons (Fsp3) is 0.875. The average Bonchev–Trinajstić information content (AvgIpc) is 2.00. The van der Waals surface area contributed by atoms with Crippen molar-refractivity contribution >= 4 is 17.6 Å². The number of unbranched alkanes of at least 4 members (excludes halogenated alkanes) is 1. The summed E-state index contributed by atoms with van der Waals surface area (Å²) in [4.78, 5) is 10.8. The molecule has 4 heteroatoms. The molecule has 0 bridgehead atoms. The molecule has 0 amide bonds. The summed E-state index contributed by atoms with van der Waals surface area (Å²) in [5.74, 6) is -0.661. The van der Waals surface area contributed by atoms with E-state index in [-0.39, 0.29) is 0 Å². The smallest absolute Gasteiger partial charge is 0.336 e. The summed E-state index contributed by atoms with van der Waals surface area (Å²) in [6, 6.07) is 0. The number of ether oxygens (including phenoxy) is 1. The number of aliphatic hydroxyl groups is 1. The first kappa shape index (κ1) is 11.7. The first-order valence-electron chi connectivity index (χ1n) is 4.10. The molecule has 0 fully saturated rings. The summed E-state index contributed by atoms with van der Waals surface area (Å²) in [5.41, 5.74) is -0.605. The van der Waals surface area contributed by atoms with Crippen LogP contribution in [0.25, 0.3) is 0 Å². The Hall–Kier alpha value is -0.280. The Balaban J connectivity index is 3.54. The number of esters is 1. The highest BCUT2D eigenvalue weighted by molar-refractivity contribution is 6.20. The van der Waals surface area contributed by atoms with Crippen molar-refractivity contribution in [3.05, 3.63) is 0 Å². The van der Waals surface area contributed by atoms with Crippen LogP contribution in [0, 0.1) is 0 Å². The van der Waals surface area contributed by atoms with Gasteiger partial charge in [0, 0.05) is 0 Å². The fourth-order valence-corrected chi connectivity index (χ4v) is 0.890. The van der Waals surface area contributed by atoms with E-state index in [4.69, 9.17) is 21.4 Å². The second-order valence-electron chi connectivity index (χ2n) is 2.67. The number of halogens is 1. The summed E-state index contributed by atoms with van der Waals surface area (Å²) >= 11 is 5.64. The summed E-state index contributed by atoms with van der Waals surface area (Å²) in [6.07, 6.45) is 1.47. The lowest BCUT2D eigenvalue weighted by Crippen LogP contribution is -2.23. The highest BCUT2D eigenvalue weighted by Gasteiger charge is 2.14. The third-order valence-corrected chi connectivity index (χ3v) is 1.68. The van der Waals surface area contributed by atoms with Gasteiger partial charge in [-0.2, -0.15) is 0 Å². The Bertz CT molecular complexity index is 136. The zero-order valence-corrected chi connectivity index (χ0v) is 8.17. The summed E-state index contributed by atoms with van der Waals surface area (Å²) in [5, 5.41) is 8.76. The van der Waals surface area contributed by atoms with Gasteiger partial charge in [-0.1, -0.05) is 24.9 Å². The number of carbonyl (C=O) groups excluding carboxylic acids is 1. The Morgan fingerprint density at radius 3 is 2.67 bits per heavy atom. The standard InChI is InChI=1S/C8H15ClO3/c1-3-4-5-7(9)12-8(11)6(2)10/h6-7,10H,3-5H2,1-2H3. The van der Waals surface area contributed by atoms with Gasteiger partial charge in [-0.25, -0.2) is 4.79 Å². The number of rotatable bonds is 5. The molecule has 3 nitrogen and oxygen atoms in total. The van der Waals surface area contributed by atoms with Gasteiger partial charge in [-0.15, -0.1) is 0 Å². The van der Waals surface area contributed by atoms with Crippen molar-refractivity contribution in [2.24, 2.45) is 0 Å². The molecule has 0 aromatic carbocycles. The van der Waals surface area contributed by atoms with E-state index in [0.29, 0.717) is 6.42 Å². The van der Waals surface area contributed by atoms with Crippen LogP contribution >= 0.6 is 11.6 Å². The van der Waals surface area contributed by atoms with Crippen LogP contribution in [-0.2, 0) is 9.53 Å². The number of hydrogen-bond donors (Lipinski definition) is 1. The molecule has 0 aliphatic rings. The molecule has 2 atom stereocenters. The lowest BCUT2D eigenvalue weighted by molar-refractivity contribution is -0.154. The number of carbonyl (C=O) groups is 1. The van der Waals surface area contributed by atoms with Gasteiger partial charge in [0.15, 0.2) is 5.56 Å². The number of aliphatic hydroxyl groups excluding tert-OH is 1. The molecule has 0 rings (SSSR count). The van der Waals surface area contributed by atoms with Crippen LogP contribution in [0.2, 0.25) is 0 Å². The van der Waals surface area contributed by atoms with Crippen LogP contribution in [-0.4, -0.2) is 22.7 Å². The molecular formula is C8H15ClO3. The summed E-state index contributed by atoms with van der Waals surface area (Å²) in [7, 11) is 0. The Morgan fingerprint density at radius 1 is 1.67 bits per heavy atom. The summed E-state index contributed by atoms with van der Waals surface area (Å²) < 4.78 is 4.69. The normalized spacial score (nSPS) is 15.3. The van der Waals surface area contributed by atoms with Gasteiger partial charge in [0.25, 0.3) is 0 Å². The second-order valence-corrected chi connectivity index (χ2v) is 3.15. The third kappa shape index (κ3) is 5.38. The van der Waals surface area contributed by atoms with Crippen molar-refractivity contribution in [3.8, 4) is 0 Å². The zero-order chi connectivity index (χ0) is 9.56. The maximum Gasteiger partial charge on any atom is 0.336 e. The zero-order valence-electron chi connectivity index (χ0n) is 7.42. The van der Waals surface area contributed by atoms with Crippen LogP contribution in [0.5, 0.6) is 0 Å². The molecule has 0 aromatic rings. The van der Waals surface area contributed by atoms with Crippen molar-refractivity contribution in [1.29, 1.82) is 0 Å². The number of hydrogen-bond acceptors (Lipinski definition) is 3. The first-order valence-corrected chi connectivity index (χ1v) is 4.54. The predicted octanol–water partition coefficient (Wildman–Crippen LogP) is 1.67. The van der Waals surface area contributed by atoms with E-state index in [9.17, 15) is 4.79 Å². The molecule has 0 saturated carbocycles. The van der Waals surface area contributed by atoms with Crippen molar-refractivity contribution in [3.63, 3.8) is 0 Å². The largest absolute Gasteiger partial charge is 0.444 e. The van der Waals surface area contributed by atoms with Crippen LogP contribution in [0.4, 0.5) is 0 Å². The lowest BCUT2D eigenvalue weighted by Gasteiger charge is -2.11. The molecule has 0 radical (unpaired) electrons. The van der Waals surface area contributed by atoms with E-state index >= 15 is 0 Å². The minimum atomic E-state index is -1.09. The third-order valence-electron chi connectivity index (χ3n) is 1.37. The minimum Gasteiger partial charge on any atom is -0.444 e. The average molecular weight is 195 g/mol. The predicted molar refractivity (Wildman–Crippen MR) is 46.9 cm³/mol.